The van der Waals surface area contributed by atoms with Gasteiger partial charge < -0.3 is 5.11 Å². The van der Waals surface area contributed by atoms with Gasteiger partial charge in [0.25, 0.3) is 10.2 Å². The third-order valence-electron chi connectivity index (χ3n) is 2.08. The highest BCUT2D eigenvalue weighted by molar-refractivity contribution is 7.87. The van der Waals surface area contributed by atoms with E-state index in [4.69, 9.17) is 5.11 Å². The highest BCUT2D eigenvalue weighted by Crippen LogP contribution is 2.18. The Kier molecular flexibility index (Phi) is 3.13. The second-order valence-electron chi connectivity index (χ2n) is 3.44. The van der Waals surface area contributed by atoms with E-state index in [1.54, 1.807) is 13.8 Å². The highest BCUT2D eigenvalue weighted by Gasteiger charge is 2.38. The Morgan fingerprint density at radius 3 is 2.36 bits per heavy atom. The Labute approximate surface area is 83.3 Å². The van der Waals surface area contributed by atoms with E-state index < -0.39 is 22.7 Å². The van der Waals surface area contributed by atoms with Crippen molar-refractivity contribution in [2.24, 2.45) is 0 Å². The van der Waals surface area contributed by atoms with Crippen LogP contribution in [0.1, 0.15) is 13.8 Å². The molecule has 0 aromatic rings. The van der Waals surface area contributed by atoms with E-state index in [-0.39, 0.29) is 12.6 Å². The Morgan fingerprint density at radius 2 is 2.00 bits per heavy atom. The van der Waals surface area contributed by atoms with Crippen LogP contribution in [0.15, 0.2) is 0 Å². The normalized spacial score (nSPS) is 23.1. The summed E-state index contributed by atoms with van der Waals surface area (Å²) in [7, 11) is -3.54. The van der Waals surface area contributed by atoms with Gasteiger partial charge >= 0.3 is 5.97 Å². The lowest BCUT2D eigenvalue weighted by Crippen LogP contribution is -2.39. The van der Waals surface area contributed by atoms with Crippen LogP contribution in [0.5, 0.6) is 0 Å². The second kappa shape index (κ2) is 3.84. The van der Waals surface area contributed by atoms with Gasteiger partial charge in [-0.05, 0) is 13.8 Å². The van der Waals surface area contributed by atoms with Crippen LogP contribution in [0.4, 0.5) is 0 Å². The van der Waals surface area contributed by atoms with Crippen molar-refractivity contribution in [2.75, 3.05) is 19.6 Å². The number of carbonyl (C=O) groups is 1. The van der Waals surface area contributed by atoms with Gasteiger partial charge in [-0.2, -0.15) is 17.0 Å². The average molecular weight is 222 g/mol. The maximum absolute atomic E-state index is 11.7. The summed E-state index contributed by atoms with van der Waals surface area (Å²) in [5, 5.41) is 8.51. The first kappa shape index (κ1) is 11.4. The third-order valence-corrected chi connectivity index (χ3v) is 4.24. The predicted octanol–water partition coefficient (Wildman–Crippen LogP) is -0.658. The summed E-state index contributed by atoms with van der Waals surface area (Å²) < 4.78 is 25.6. The van der Waals surface area contributed by atoms with E-state index >= 15 is 0 Å². The van der Waals surface area contributed by atoms with E-state index in [0.717, 1.165) is 4.31 Å². The summed E-state index contributed by atoms with van der Waals surface area (Å²) in [6, 6.07) is -0.126. The highest BCUT2D eigenvalue weighted by atomic mass is 32.2. The van der Waals surface area contributed by atoms with Crippen LogP contribution in [0.25, 0.3) is 0 Å². The molecule has 82 valence electrons. The van der Waals surface area contributed by atoms with Crippen molar-refractivity contribution < 1.29 is 18.3 Å². The molecule has 1 aliphatic rings. The first-order chi connectivity index (χ1) is 6.35. The number of carboxylic acid groups (broad SMARTS) is 1. The van der Waals surface area contributed by atoms with Crippen molar-refractivity contribution in [2.45, 2.75) is 19.9 Å². The maximum Gasteiger partial charge on any atom is 0.318 e. The summed E-state index contributed by atoms with van der Waals surface area (Å²) in [5.74, 6) is -1.13. The van der Waals surface area contributed by atoms with E-state index in [9.17, 15) is 13.2 Å². The lowest BCUT2D eigenvalue weighted by atomic mass is 10.4. The monoisotopic (exact) mass is 222 g/mol. The topological polar surface area (TPSA) is 77.9 Å². The molecule has 14 heavy (non-hydrogen) atoms. The second-order valence-corrected chi connectivity index (χ2v) is 5.32. The SMILES string of the molecule is CC(C)N1CCN(CC(=O)O)S1(=O)=O. The van der Waals surface area contributed by atoms with Crippen LogP contribution in [0.2, 0.25) is 0 Å². The molecule has 0 spiro atoms. The van der Waals surface area contributed by atoms with Crippen LogP contribution >= 0.6 is 0 Å². The van der Waals surface area contributed by atoms with E-state index in [2.05, 4.69) is 0 Å². The van der Waals surface area contributed by atoms with E-state index in [1.165, 1.54) is 4.31 Å². The molecule has 0 amide bonds. The fraction of sp³-hybridized carbons (Fsp3) is 0.857. The summed E-state index contributed by atoms with van der Waals surface area (Å²) in [4.78, 5) is 10.4. The molecule has 0 aromatic carbocycles. The molecular formula is C7H14N2O4S. The minimum Gasteiger partial charge on any atom is -0.480 e. The van der Waals surface area contributed by atoms with Gasteiger partial charge in [-0.3, -0.25) is 4.79 Å². The molecule has 0 unspecified atom stereocenters. The molecule has 1 aliphatic heterocycles. The fourth-order valence-corrected chi connectivity index (χ4v) is 3.15. The molecule has 1 fully saturated rings. The molecule has 0 atom stereocenters. The first-order valence-electron chi connectivity index (χ1n) is 4.34. The Balaban J connectivity index is 2.82. The molecule has 0 aliphatic carbocycles. The standard InChI is InChI=1S/C7H14N2O4S/c1-6(2)9-4-3-8(5-7(10)11)14(9,12)13/h6H,3-5H2,1-2H3,(H,10,11). The summed E-state index contributed by atoms with van der Waals surface area (Å²) in [6.07, 6.45) is 0. The number of nitrogens with zero attached hydrogens (tertiary/aromatic N) is 2. The third kappa shape index (κ3) is 2.05. The maximum atomic E-state index is 11.7. The molecular weight excluding hydrogens is 208 g/mol. The van der Waals surface area contributed by atoms with Gasteiger partial charge in [-0.15, -0.1) is 0 Å². The van der Waals surface area contributed by atoms with Crippen molar-refractivity contribution >= 4 is 16.2 Å². The van der Waals surface area contributed by atoms with Crippen LogP contribution < -0.4 is 0 Å². The van der Waals surface area contributed by atoms with Gasteiger partial charge in [0.2, 0.25) is 0 Å². The predicted molar refractivity (Wildman–Crippen MR) is 50.0 cm³/mol. The van der Waals surface area contributed by atoms with Crippen LogP contribution in [0, 0.1) is 0 Å². The van der Waals surface area contributed by atoms with Crippen molar-refractivity contribution in [3.8, 4) is 0 Å². The van der Waals surface area contributed by atoms with Crippen molar-refractivity contribution in [1.29, 1.82) is 0 Å². The number of rotatable bonds is 3. The first-order valence-corrected chi connectivity index (χ1v) is 5.74. The van der Waals surface area contributed by atoms with Crippen LogP contribution in [0.3, 0.4) is 0 Å². The zero-order chi connectivity index (χ0) is 10.9. The fourth-order valence-electron chi connectivity index (χ4n) is 1.43. The van der Waals surface area contributed by atoms with Crippen molar-refractivity contribution in [1.82, 2.24) is 8.61 Å². The minimum atomic E-state index is -3.54. The molecule has 0 saturated carbocycles. The Morgan fingerprint density at radius 1 is 1.43 bits per heavy atom. The van der Waals surface area contributed by atoms with Gasteiger partial charge in [0.1, 0.15) is 6.54 Å². The molecule has 0 aromatic heterocycles. The van der Waals surface area contributed by atoms with Gasteiger partial charge in [-0.1, -0.05) is 0 Å². The molecule has 1 heterocycles. The van der Waals surface area contributed by atoms with E-state index in [0.29, 0.717) is 6.54 Å². The zero-order valence-corrected chi connectivity index (χ0v) is 8.99. The largest absolute Gasteiger partial charge is 0.480 e. The minimum absolute atomic E-state index is 0.126. The van der Waals surface area contributed by atoms with Gasteiger partial charge in [-0.25, -0.2) is 0 Å². The summed E-state index contributed by atoms with van der Waals surface area (Å²) in [5.41, 5.74) is 0. The molecule has 0 bridgehead atoms. The quantitative estimate of drug-likeness (QED) is 0.687. The number of hydrogen-bond acceptors (Lipinski definition) is 3. The number of aliphatic carboxylic acids is 1. The molecule has 0 radical (unpaired) electrons. The molecule has 1 N–H and O–H groups in total. The Hall–Kier alpha value is -0.660. The summed E-state index contributed by atoms with van der Waals surface area (Å²) >= 11 is 0. The molecule has 1 rings (SSSR count). The van der Waals surface area contributed by atoms with Crippen LogP contribution in [-0.2, 0) is 15.0 Å². The van der Waals surface area contributed by atoms with Crippen molar-refractivity contribution in [3.63, 3.8) is 0 Å². The smallest absolute Gasteiger partial charge is 0.318 e. The molecule has 1 saturated heterocycles. The number of carboxylic acids is 1. The summed E-state index contributed by atoms with van der Waals surface area (Å²) in [6.45, 7) is 3.70. The lowest BCUT2D eigenvalue weighted by Gasteiger charge is -2.20. The van der Waals surface area contributed by atoms with E-state index in [1.807, 2.05) is 0 Å². The lowest BCUT2D eigenvalue weighted by molar-refractivity contribution is -0.137. The molecule has 6 nitrogen and oxygen atoms in total. The average Bonchev–Trinajstić information content (AvgIpc) is 2.26. The molecule has 7 heteroatoms. The van der Waals surface area contributed by atoms with Crippen molar-refractivity contribution in [3.05, 3.63) is 0 Å². The van der Waals surface area contributed by atoms with Gasteiger partial charge in [0.15, 0.2) is 0 Å². The Bertz CT molecular complexity index is 325. The van der Waals surface area contributed by atoms with Gasteiger partial charge in [0.05, 0.1) is 0 Å². The zero-order valence-electron chi connectivity index (χ0n) is 8.17. The van der Waals surface area contributed by atoms with Crippen LogP contribution in [-0.4, -0.2) is 53.8 Å². The number of hydrogen-bond donors (Lipinski definition) is 1. The van der Waals surface area contributed by atoms with Gasteiger partial charge in [0, 0.05) is 19.1 Å².